The molecule has 1 fully saturated rings. The van der Waals surface area contributed by atoms with Crippen LogP contribution in [0.3, 0.4) is 0 Å². The van der Waals surface area contributed by atoms with Crippen LogP contribution in [0.5, 0.6) is 0 Å². The van der Waals surface area contributed by atoms with Crippen molar-refractivity contribution in [2.24, 2.45) is 0 Å². The van der Waals surface area contributed by atoms with Crippen LogP contribution in [0.25, 0.3) is 0 Å². The van der Waals surface area contributed by atoms with Crippen LogP contribution in [0.15, 0.2) is 22.8 Å². The molecule has 106 valence electrons. The SMILES string of the molecule is O=C1CCN(CC(O)COCc2ccco2)CCN1. The van der Waals surface area contributed by atoms with Gasteiger partial charge in [0, 0.05) is 32.6 Å². The van der Waals surface area contributed by atoms with Gasteiger partial charge in [-0.15, -0.1) is 0 Å². The normalized spacial score (nSPS) is 18.9. The molecule has 2 heterocycles. The minimum Gasteiger partial charge on any atom is -0.467 e. The monoisotopic (exact) mass is 268 g/mol. The molecule has 2 rings (SSSR count). The number of ether oxygens (including phenoxy) is 1. The maximum atomic E-state index is 11.2. The average molecular weight is 268 g/mol. The fraction of sp³-hybridized carbons (Fsp3) is 0.615. The molecule has 0 saturated carbocycles. The summed E-state index contributed by atoms with van der Waals surface area (Å²) in [5.74, 6) is 0.822. The lowest BCUT2D eigenvalue weighted by atomic mass is 10.3. The van der Waals surface area contributed by atoms with Gasteiger partial charge < -0.3 is 19.6 Å². The van der Waals surface area contributed by atoms with Crippen LogP contribution in [-0.4, -0.2) is 54.8 Å². The average Bonchev–Trinajstić information content (AvgIpc) is 2.81. The summed E-state index contributed by atoms with van der Waals surface area (Å²) in [5.41, 5.74) is 0. The van der Waals surface area contributed by atoms with Crippen molar-refractivity contribution in [1.82, 2.24) is 10.2 Å². The summed E-state index contributed by atoms with van der Waals surface area (Å²) < 4.78 is 10.5. The van der Waals surface area contributed by atoms with E-state index in [2.05, 4.69) is 10.2 Å². The molecule has 0 bridgehead atoms. The van der Waals surface area contributed by atoms with E-state index in [-0.39, 0.29) is 12.5 Å². The number of β-amino-alcohol motifs (C(OH)–C–C–N with tert-alkyl or cyclic N) is 1. The highest BCUT2D eigenvalue weighted by Gasteiger charge is 2.16. The number of rotatable bonds is 6. The number of nitrogens with one attached hydrogen (secondary N) is 1. The molecule has 1 aromatic rings. The van der Waals surface area contributed by atoms with Crippen molar-refractivity contribution >= 4 is 5.91 Å². The Labute approximate surface area is 112 Å². The first kappa shape index (κ1) is 14.0. The third-order valence-corrected chi connectivity index (χ3v) is 3.01. The summed E-state index contributed by atoms with van der Waals surface area (Å²) in [6.45, 7) is 3.23. The standard InChI is InChI=1S/C13H20N2O4/c16-11(9-18-10-12-2-1-7-19-12)8-15-5-3-13(17)14-4-6-15/h1-2,7,11,16H,3-6,8-10H2,(H,14,17). The number of furan rings is 1. The summed E-state index contributed by atoms with van der Waals surface area (Å²) in [7, 11) is 0. The Kier molecular flexibility index (Phi) is 5.38. The Bertz CT molecular complexity index is 380. The van der Waals surface area contributed by atoms with Gasteiger partial charge in [0.1, 0.15) is 12.4 Å². The number of aliphatic hydroxyl groups is 1. The van der Waals surface area contributed by atoms with Crippen LogP contribution in [0, 0.1) is 0 Å². The fourth-order valence-corrected chi connectivity index (χ4v) is 2.04. The van der Waals surface area contributed by atoms with Gasteiger partial charge in [-0.1, -0.05) is 0 Å². The van der Waals surface area contributed by atoms with E-state index >= 15 is 0 Å². The Morgan fingerprint density at radius 1 is 1.53 bits per heavy atom. The molecule has 1 aliphatic rings. The molecule has 0 spiro atoms. The van der Waals surface area contributed by atoms with Crippen LogP contribution >= 0.6 is 0 Å². The predicted molar refractivity (Wildman–Crippen MR) is 68.4 cm³/mol. The number of carbonyl (C=O) groups is 1. The molecule has 6 heteroatoms. The largest absolute Gasteiger partial charge is 0.467 e. The third kappa shape index (κ3) is 5.02. The van der Waals surface area contributed by atoms with E-state index in [1.165, 1.54) is 0 Å². The van der Waals surface area contributed by atoms with Gasteiger partial charge >= 0.3 is 0 Å². The lowest BCUT2D eigenvalue weighted by Crippen LogP contribution is -2.37. The van der Waals surface area contributed by atoms with Crippen molar-refractivity contribution in [3.63, 3.8) is 0 Å². The first-order chi connectivity index (χ1) is 9.24. The van der Waals surface area contributed by atoms with E-state index in [0.717, 1.165) is 12.3 Å². The highest BCUT2D eigenvalue weighted by molar-refractivity contribution is 5.76. The molecule has 1 unspecified atom stereocenters. The van der Waals surface area contributed by atoms with Crippen molar-refractivity contribution in [3.8, 4) is 0 Å². The van der Waals surface area contributed by atoms with E-state index in [9.17, 15) is 9.90 Å². The first-order valence-electron chi connectivity index (χ1n) is 6.51. The maximum absolute atomic E-state index is 11.2. The van der Waals surface area contributed by atoms with Gasteiger partial charge in [-0.3, -0.25) is 9.69 Å². The maximum Gasteiger partial charge on any atom is 0.221 e. The molecule has 2 N–H and O–H groups in total. The number of amides is 1. The predicted octanol–water partition coefficient (Wildman–Crippen LogP) is -0.0210. The van der Waals surface area contributed by atoms with E-state index in [1.807, 2.05) is 6.07 Å². The van der Waals surface area contributed by atoms with E-state index in [1.54, 1.807) is 12.3 Å². The quantitative estimate of drug-likeness (QED) is 0.758. The smallest absolute Gasteiger partial charge is 0.221 e. The highest BCUT2D eigenvalue weighted by Crippen LogP contribution is 2.03. The second-order valence-corrected chi connectivity index (χ2v) is 4.65. The second kappa shape index (κ2) is 7.28. The number of nitrogens with zero attached hydrogens (tertiary/aromatic N) is 1. The number of hydrogen-bond donors (Lipinski definition) is 2. The molecule has 0 aliphatic carbocycles. The highest BCUT2D eigenvalue weighted by atomic mass is 16.5. The van der Waals surface area contributed by atoms with Crippen molar-refractivity contribution in [2.45, 2.75) is 19.1 Å². The number of carbonyl (C=O) groups excluding carboxylic acids is 1. The molecule has 6 nitrogen and oxygen atoms in total. The molecular formula is C13H20N2O4. The molecule has 1 aliphatic heterocycles. The summed E-state index contributed by atoms with van der Waals surface area (Å²) in [6.07, 6.45) is 1.53. The third-order valence-electron chi connectivity index (χ3n) is 3.01. The van der Waals surface area contributed by atoms with E-state index in [4.69, 9.17) is 9.15 Å². The zero-order valence-corrected chi connectivity index (χ0v) is 10.9. The molecule has 1 amide bonds. The second-order valence-electron chi connectivity index (χ2n) is 4.65. The van der Waals surface area contributed by atoms with Gasteiger partial charge in [0.2, 0.25) is 5.91 Å². The summed E-state index contributed by atoms with van der Waals surface area (Å²) in [6, 6.07) is 3.63. The lowest BCUT2D eigenvalue weighted by Gasteiger charge is -2.22. The van der Waals surface area contributed by atoms with Crippen LogP contribution in [0.4, 0.5) is 0 Å². The summed E-state index contributed by atoms with van der Waals surface area (Å²) >= 11 is 0. The number of hydrogen-bond acceptors (Lipinski definition) is 5. The van der Waals surface area contributed by atoms with Crippen molar-refractivity contribution in [3.05, 3.63) is 24.2 Å². The van der Waals surface area contributed by atoms with Gasteiger partial charge in [0.25, 0.3) is 0 Å². The minimum atomic E-state index is -0.553. The van der Waals surface area contributed by atoms with Crippen molar-refractivity contribution in [1.29, 1.82) is 0 Å². The van der Waals surface area contributed by atoms with Gasteiger partial charge in [-0.05, 0) is 12.1 Å². The van der Waals surface area contributed by atoms with Gasteiger partial charge in [-0.2, -0.15) is 0 Å². The minimum absolute atomic E-state index is 0.0751. The fourth-order valence-electron chi connectivity index (χ4n) is 2.04. The van der Waals surface area contributed by atoms with Crippen LogP contribution in [0.1, 0.15) is 12.2 Å². The van der Waals surface area contributed by atoms with Crippen molar-refractivity contribution in [2.75, 3.05) is 32.8 Å². The molecule has 1 atom stereocenters. The van der Waals surface area contributed by atoms with Crippen molar-refractivity contribution < 1.29 is 19.1 Å². The Balaban J connectivity index is 1.63. The Morgan fingerprint density at radius 2 is 2.42 bits per heavy atom. The molecule has 19 heavy (non-hydrogen) atoms. The number of aliphatic hydroxyl groups excluding tert-OH is 1. The van der Waals surface area contributed by atoms with Gasteiger partial charge in [0.15, 0.2) is 0 Å². The summed E-state index contributed by atoms with van der Waals surface area (Å²) in [5, 5.41) is 12.7. The zero-order chi connectivity index (χ0) is 13.5. The van der Waals surface area contributed by atoms with Crippen LogP contribution in [-0.2, 0) is 16.1 Å². The summed E-state index contributed by atoms with van der Waals surface area (Å²) in [4.78, 5) is 13.3. The van der Waals surface area contributed by atoms with E-state index < -0.39 is 6.10 Å². The molecule has 1 saturated heterocycles. The van der Waals surface area contributed by atoms with Gasteiger partial charge in [0.05, 0.1) is 19.0 Å². The van der Waals surface area contributed by atoms with E-state index in [0.29, 0.717) is 32.7 Å². The first-order valence-corrected chi connectivity index (χ1v) is 6.51. The lowest BCUT2D eigenvalue weighted by molar-refractivity contribution is -0.120. The van der Waals surface area contributed by atoms with Crippen LogP contribution in [0.2, 0.25) is 0 Å². The topological polar surface area (TPSA) is 74.9 Å². The molecular weight excluding hydrogens is 248 g/mol. The van der Waals surface area contributed by atoms with Crippen LogP contribution < -0.4 is 5.32 Å². The Morgan fingerprint density at radius 3 is 3.21 bits per heavy atom. The zero-order valence-electron chi connectivity index (χ0n) is 10.9. The Hall–Kier alpha value is -1.37. The molecule has 0 radical (unpaired) electrons. The van der Waals surface area contributed by atoms with Gasteiger partial charge in [-0.25, -0.2) is 0 Å². The molecule has 0 aromatic carbocycles. The molecule has 1 aromatic heterocycles.